The van der Waals surface area contributed by atoms with Crippen molar-refractivity contribution >= 4 is 0 Å². The lowest BCUT2D eigenvalue weighted by Gasteiger charge is -2.15. The van der Waals surface area contributed by atoms with E-state index in [1.165, 1.54) is 0 Å². The molecule has 0 radical (unpaired) electrons. The van der Waals surface area contributed by atoms with Gasteiger partial charge in [-0.25, -0.2) is 8.78 Å². The van der Waals surface area contributed by atoms with Crippen molar-refractivity contribution in [1.82, 2.24) is 0 Å². The minimum absolute atomic E-state index is 0.255. The lowest BCUT2D eigenvalue weighted by molar-refractivity contribution is 0.148. The Morgan fingerprint density at radius 2 is 1.80 bits per heavy atom. The Hall–Kier alpha value is -1.00. The van der Waals surface area contributed by atoms with Crippen LogP contribution in [0.2, 0.25) is 0 Å². The van der Waals surface area contributed by atoms with Gasteiger partial charge in [0.25, 0.3) is 0 Å². The van der Waals surface area contributed by atoms with E-state index in [1.807, 2.05) is 0 Å². The fourth-order valence-corrected chi connectivity index (χ4v) is 1.33. The van der Waals surface area contributed by atoms with Crippen LogP contribution in [0.25, 0.3) is 0 Å². The number of aliphatic hydroxyl groups is 1. The number of rotatable bonds is 4. The summed E-state index contributed by atoms with van der Waals surface area (Å²) >= 11 is 0. The van der Waals surface area contributed by atoms with Crippen LogP contribution in [0.1, 0.15) is 24.2 Å². The third-order valence-corrected chi connectivity index (χ3v) is 2.21. The summed E-state index contributed by atoms with van der Waals surface area (Å²) in [5.41, 5.74) is 6.73. The summed E-state index contributed by atoms with van der Waals surface area (Å²) in [6, 6.07) is 6.07. The molecule has 0 saturated carbocycles. The molecule has 0 heterocycles. The van der Waals surface area contributed by atoms with Crippen molar-refractivity contribution in [2.24, 2.45) is 5.73 Å². The molecule has 0 aliphatic carbocycles. The summed E-state index contributed by atoms with van der Waals surface area (Å²) in [6.07, 6.45) is -3.34. The molecule has 84 valence electrons. The van der Waals surface area contributed by atoms with Gasteiger partial charge in [-0.05, 0) is 18.1 Å². The van der Waals surface area contributed by atoms with Crippen LogP contribution in [0.15, 0.2) is 24.3 Å². The smallest absolute Gasteiger partial charge is 0.242 e. The molecule has 2 atom stereocenters. The zero-order valence-electron chi connectivity index (χ0n) is 8.53. The first-order valence-electron chi connectivity index (χ1n) is 4.81. The van der Waals surface area contributed by atoms with E-state index in [1.54, 1.807) is 31.2 Å². The van der Waals surface area contributed by atoms with E-state index in [0.717, 1.165) is 0 Å². The van der Waals surface area contributed by atoms with Crippen molar-refractivity contribution in [3.8, 4) is 0 Å². The molecule has 1 rings (SSSR count). The van der Waals surface area contributed by atoms with Crippen molar-refractivity contribution in [1.29, 1.82) is 0 Å². The molecule has 3 N–H and O–H groups in total. The fourth-order valence-electron chi connectivity index (χ4n) is 1.33. The van der Waals surface area contributed by atoms with Gasteiger partial charge in [-0.3, -0.25) is 0 Å². The van der Waals surface area contributed by atoms with Crippen LogP contribution in [0.3, 0.4) is 0 Å². The Kier molecular flexibility index (Phi) is 4.17. The summed E-state index contributed by atoms with van der Waals surface area (Å²) < 4.78 is 24.1. The second-order valence-corrected chi connectivity index (χ2v) is 3.64. The van der Waals surface area contributed by atoms with Gasteiger partial charge in [0.1, 0.15) is 0 Å². The van der Waals surface area contributed by atoms with Gasteiger partial charge in [0.2, 0.25) is 6.43 Å². The topological polar surface area (TPSA) is 46.2 Å². The molecule has 1 aromatic carbocycles. The van der Waals surface area contributed by atoms with Gasteiger partial charge < -0.3 is 10.8 Å². The van der Waals surface area contributed by atoms with Crippen molar-refractivity contribution in [3.05, 3.63) is 35.4 Å². The van der Waals surface area contributed by atoms with Gasteiger partial charge in [-0.1, -0.05) is 24.3 Å². The van der Waals surface area contributed by atoms with Crippen LogP contribution in [0.5, 0.6) is 0 Å². The highest BCUT2D eigenvalue weighted by Gasteiger charge is 2.12. The molecule has 1 aromatic rings. The molecule has 0 fully saturated rings. The van der Waals surface area contributed by atoms with Crippen LogP contribution < -0.4 is 5.73 Å². The monoisotopic (exact) mass is 215 g/mol. The number of hydrogen-bond donors (Lipinski definition) is 2. The van der Waals surface area contributed by atoms with E-state index in [2.05, 4.69) is 0 Å². The molecule has 0 amide bonds. The number of halogens is 2. The average molecular weight is 215 g/mol. The van der Waals surface area contributed by atoms with Crippen LogP contribution in [0, 0.1) is 0 Å². The van der Waals surface area contributed by atoms with Crippen molar-refractivity contribution in [2.75, 3.05) is 0 Å². The van der Waals surface area contributed by atoms with Crippen molar-refractivity contribution in [2.45, 2.75) is 31.9 Å². The van der Waals surface area contributed by atoms with E-state index in [-0.39, 0.29) is 12.5 Å². The van der Waals surface area contributed by atoms with Gasteiger partial charge >= 0.3 is 0 Å². The molecule has 15 heavy (non-hydrogen) atoms. The number of hydrogen-bond acceptors (Lipinski definition) is 2. The van der Waals surface area contributed by atoms with Crippen LogP contribution in [-0.4, -0.2) is 17.6 Å². The normalized spacial score (nSPS) is 15.3. The minimum Gasteiger partial charge on any atom is -0.387 e. The Balaban J connectivity index is 2.72. The Labute approximate surface area is 87.7 Å². The molecule has 0 aliphatic rings. The molecule has 0 saturated heterocycles. The molecule has 2 unspecified atom stereocenters. The minimum atomic E-state index is -2.34. The first kappa shape index (κ1) is 12.1. The first-order valence-corrected chi connectivity index (χ1v) is 4.81. The molecule has 4 heteroatoms. The maximum atomic E-state index is 12.0. The number of nitrogens with two attached hydrogens (primary N) is 1. The van der Waals surface area contributed by atoms with Gasteiger partial charge in [0.05, 0.1) is 6.10 Å². The van der Waals surface area contributed by atoms with E-state index in [9.17, 15) is 13.9 Å². The van der Waals surface area contributed by atoms with Crippen molar-refractivity contribution < 1.29 is 13.9 Å². The standard InChI is InChI=1S/C11H15F2NO/c1-7(14)11(15)9-4-2-8(3-5-9)6-10(12)13/h2-5,7,10-11,15H,6,14H2,1H3. The van der Waals surface area contributed by atoms with E-state index >= 15 is 0 Å². The van der Waals surface area contributed by atoms with Crippen LogP contribution in [-0.2, 0) is 6.42 Å². The third-order valence-electron chi connectivity index (χ3n) is 2.21. The second-order valence-electron chi connectivity index (χ2n) is 3.64. The predicted octanol–water partition coefficient (Wildman–Crippen LogP) is 1.87. The first-order chi connectivity index (χ1) is 7.00. The highest BCUT2D eigenvalue weighted by Crippen LogP contribution is 2.17. The van der Waals surface area contributed by atoms with Crippen molar-refractivity contribution in [3.63, 3.8) is 0 Å². The Morgan fingerprint density at radius 1 is 1.27 bits per heavy atom. The lowest BCUT2D eigenvalue weighted by Crippen LogP contribution is -2.24. The number of alkyl halides is 2. The van der Waals surface area contributed by atoms with E-state index in [0.29, 0.717) is 11.1 Å². The lowest BCUT2D eigenvalue weighted by atomic mass is 10.0. The second kappa shape index (κ2) is 5.19. The van der Waals surface area contributed by atoms with Gasteiger partial charge in [-0.15, -0.1) is 0 Å². The van der Waals surface area contributed by atoms with E-state index < -0.39 is 12.5 Å². The molecule has 2 nitrogen and oxygen atoms in total. The summed E-state index contributed by atoms with van der Waals surface area (Å²) in [5.74, 6) is 0. The molecule has 0 bridgehead atoms. The van der Waals surface area contributed by atoms with Gasteiger partial charge in [-0.2, -0.15) is 0 Å². The maximum absolute atomic E-state index is 12.0. The Morgan fingerprint density at radius 3 is 2.20 bits per heavy atom. The summed E-state index contributed by atoms with van der Waals surface area (Å²) in [5, 5.41) is 9.60. The Bertz CT molecular complexity index is 298. The highest BCUT2D eigenvalue weighted by molar-refractivity contribution is 5.25. The van der Waals surface area contributed by atoms with E-state index in [4.69, 9.17) is 5.73 Å². The zero-order chi connectivity index (χ0) is 11.4. The largest absolute Gasteiger partial charge is 0.387 e. The third kappa shape index (κ3) is 3.57. The number of aliphatic hydroxyl groups excluding tert-OH is 1. The van der Waals surface area contributed by atoms with Gasteiger partial charge in [0.15, 0.2) is 0 Å². The molecule has 0 aliphatic heterocycles. The zero-order valence-corrected chi connectivity index (χ0v) is 8.53. The quantitative estimate of drug-likeness (QED) is 0.805. The molecule has 0 spiro atoms. The molecule has 0 aromatic heterocycles. The molecular formula is C11H15F2NO. The summed E-state index contributed by atoms with van der Waals surface area (Å²) in [7, 11) is 0. The predicted molar refractivity (Wildman–Crippen MR) is 54.8 cm³/mol. The summed E-state index contributed by atoms with van der Waals surface area (Å²) in [4.78, 5) is 0. The average Bonchev–Trinajstić information content (AvgIpc) is 2.17. The highest BCUT2D eigenvalue weighted by atomic mass is 19.3. The molecular weight excluding hydrogens is 200 g/mol. The van der Waals surface area contributed by atoms with Gasteiger partial charge in [0, 0.05) is 12.5 Å². The fraction of sp³-hybridized carbons (Fsp3) is 0.455. The number of benzene rings is 1. The van der Waals surface area contributed by atoms with Crippen LogP contribution >= 0.6 is 0 Å². The maximum Gasteiger partial charge on any atom is 0.242 e. The van der Waals surface area contributed by atoms with Crippen LogP contribution in [0.4, 0.5) is 8.78 Å². The summed E-state index contributed by atoms with van der Waals surface area (Å²) in [6.45, 7) is 1.69. The SMILES string of the molecule is CC(N)C(O)c1ccc(CC(F)F)cc1.